The lowest BCUT2D eigenvalue weighted by atomic mass is 9.71. The van der Waals surface area contributed by atoms with Crippen LogP contribution < -0.4 is 0 Å². The van der Waals surface area contributed by atoms with E-state index in [-0.39, 0.29) is 12.0 Å². The molecule has 0 aromatic heterocycles. The molecule has 1 unspecified atom stereocenters. The molecule has 4 heterocycles. The van der Waals surface area contributed by atoms with Crippen LogP contribution in [0.5, 0.6) is 0 Å². The van der Waals surface area contributed by atoms with Gasteiger partial charge in [-0.05, 0) is 32.1 Å². The molecule has 6 atom stereocenters. The van der Waals surface area contributed by atoms with E-state index in [4.69, 9.17) is 14.3 Å². The summed E-state index contributed by atoms with van der Waals surface area (Å²) in [6.45, 7) is 3.89. The summed E-state index contributed by atoms with van der Waals surface area (Å²) < 4.78 is 12.4. The zero-order valence-corrected chi connectivity index (χ0v) is 11.8. The average Bonchev–Trinajstić information content (AvgIpc) is 2.86. The summed E-state index contributed by atoms with van der Waals surface area (Å²) in [5, 5.41) is 2.23. The first kappa shape index (κ1) is 12.6. The molecule has 108 valence electrons. The molecule has 4 fully saturated rings. The van der Waals surface area contributed by atoms with Crippen LogP contribution in [-0.2, 0) is 14.3 Å². The minimum Gasteiger partial charge on any atom is -0.353 e. The summed E-state index contributed by atoms with van der Waals surface area (Å²) in [6, 6.07) is 0.587. The Bertz CT molecular complexity index is 350. The van der Waals surface area contributed by atoms with E-state index in [2.05, 4.69) is 12.0 Å². The van der Waals surface area contributed by atoms with Crippen molar-refractivity contribution in [1.82, 2.24) is 5.06 Å². The van der Waals surface area contributed by atoms with Crippen LogP contribution in [-0.4, -0.2) is 36.3 Å². The van der Waals surface area contributed by atoms with Gasteiger partial charge in [-0.25, -0.2) is 0 Å². The lowest BCUT2D eigenvalue weighted by Crippen LogP contribution is -2.61. The molecular formula is C15H25NO3. The minimum atomic E-state index is -0.127. The maximum absolute atomic E-state index is 6.44. The number of piperidine rings is 2. The molecule has 0 saturated carbocycles. The summed E-state index contributed by atoms with van der Waals surface area (Å²) in [5.41, 5.74) is -0.127. The molecule has 1 spiro atoms. The summed E-state index contributed by atoms with van der Waals surface area (Å²) >= 11 is 0. The topological polar surface area (TPSA) is 30.9 Å². The van der Waals surface area contributed by atoms with Gasteiger partial charge in [0.15, 0.2) is 12.0 Å². The fraction of sp³-hybridized carbons (Fsp3) is 1.00. The van der Waals surface area contributed by atoms with Gasteiger partial charge in [0.1, 0.15) is 0 Å². The zero-order chi connectivity index (χ0) is 12.9. The van der Waals surface area contributed by atoms with Crippen molar-refractivity contribution >= 4 is 0 Å². The lowest BCUT2D eigenvalue weighted by Gasteiger charge is -2.51. The highest BCUT2D eigenvalue weighted by molar-refractivity contribution is 5.07. The standard InChI is InChI=1S/C15H25NO3/c1-2-3-8-17-14-9-11-4-6-13-7-5-12-10-18-16(13)15(11,12)19-14/h11-14H,2-10H2,1H3/t11-,12-,13+,14+,15+/m0/s1. The van der Waals surface area contributed by atoms with Crippen molar-refractivity contribution in [2.75, 3.05) is 13.2 Å². The second kappa shape index (κ2) is 4.69. The average molecular weight is 267 g/mol. The van der Waals surface area contributed by atoms with Crippen LogP contribution in [0.4, 0.5) is 0 Å². The Morgan fingerprint density at radius 1 is 1.21 bits per heavy atom. The van der Waals surface area contributed by atoms with Gasteiger partial charge in [0.05, 0.1) is 6.61 Å². The molecule has 4 nitrogen and oxygen atoms in total. The minimum absolute atomic E-state index is 0.0000926. The van der Waals surface area contributed by atoms with E-state index in [0.717, 1.165) is 26.1 Å². The van der Waals surface area contributed by atoms with Crippen LogP contribution in [0.1, 0.15) is 51.9 Å². The second-order valence-electron chi connectivity index (χ2n) is 6.58. The van der Waals surface area contributed by atoms with Crippen molar-refractivity contribution in [2.45, 2.75) is 69.9 Å². The van der Waals surface area contributed by atoms with Crippen LogP contribution in [0, 0.1) is 11.8 Å². The van der Waals surface area contributed by atoms with E-state index in [1.54, 1.807) is 0 Å². The van der Waals surface area contributed by atoms with E-state index >= 15 is 0 Å². The van der Waals surface area contributed by atoms with Crippen molar-refractivity contribution in [3.05, 3.63) is 0 Å². The first-order chi connectivity index (χ1) is 9.34. The van der Waals surface area contributed by atoms with Gasteiger partial charge in [-0.2, -0.15) is 5.06 Å². The molecule has 4 heteroatoms. The number of unbranched alkanes of at least 4 members (excludes halogenated alkanes) is 1. The van der Waals surface area contributed by atoms with E-state index in [1.165, 1.54) is 32.1 Å². The molecule has 0 radical (unpaired) electrons. The second-order valence-corrected chi connectivity index (χ2v) is 6.58. The summed E-state index contributed by atoms with van der Waals surface area (Å²) in [4.78, 5) is 5.98. The zero-order valence-electron chi connectivity index (χ0n) is 11.8. The highest BCUT2D eigenvalue weighted by atomic mass is 16.8. The molecule has 0 N–H and O–H groups in total. The molecule has 0 amide bonds. The van der Waals surface area contributed by atoms with Gasteiger partial charge in [-0.1, -0.05) is 13.3 Å². The van der Waals surface area contributed by atoms with Gasteiger partial charge in [-0.15, -0.1) is 0 Å². The third-order valence-electron chi connectivity index (χ3n) is 5.56. The lowest BCUT2D eigenvalue weighted by molar-refractivity contribution is -0.330. The van der Waals surface area contributed by atoms with Crippen LogP contribution in [0.3, 0.4) is 0 Å². The Kier molecular flexibility index (Phi) is 3.10. The van der Waals surface area contributed by atoms with E-state index in [0.29, 0.717) is 17.9 Å². The third kappa shape index (κ3) is 1.73. The Balaban J connectivity index is 1.52. The molecule has 4 aliphatic rings. The predicted molar refractivity (Wildman–Crippen MR) is 70.1 cm³/mol. The maximum atomic E-state index is 6.44. The van der Waals surface area contributed by atoms with Crippen molar-refractivity contribution < 1.29 is 14.3 Å². The SMILES string of the molecule is CCCCO[C@H]1C[C@@H]2CC[C@@H]3CC[C@H]4CON3[C@]42O1. The summed E-state index contributed by atoms with van der Waals surface area (Å²) in [6.07, 6.45) is 8.47. The van der Waals surface area contributed by atoms with E-state index in [1.807, 2.05) is 0 Å². The third-order valence-corrected chi connectivity index (χ3v) is 5.56. The van der Waals surface area contributed by atoms with Gasteiger partial charge < -0.3 is 9.47 Å². The van der Waals surface area contributed by atoms with E-state index < -0.39 is 0 Å². The smallest absolute Gasteiger partial charge is 0.160 e. The molecule has 0 aromatic rings. The molecular weight excluding hydrogens is 242 g/mol. The monoisotopic (exact) mass is 267 g/mol. The first-order valence-electron chi connectivity index (χ1n) is 8.06. The van der Waals surface area contributed by atoms with Crippen molar-refractivity contribution in [3.8, 4) is 0 Å². The van der Waals surface area contributed by atoms with Crippen molar-refractivity contribution in [3.63, 3.8) is 0 Å². The Morgan fingerprint density at radius 2 is 2.05 bits per heavy atom. The van der Waals surface area contributed by atoms with Crippen LogP contribution in [0.15, 0.2) is 0 Å². The first-order valence-corrected chi connectivity index (χ1v) is 8.06. The fourth-order valence-electron chi connectivity index (χ4n) is 4.62. The van der Waals surface area contributed by atoms with Gasteiger partial charge in [0, 0.05) is 30.9 Å². The molecule has 4 saturated heterocycles. The van der Waals surface area contributed by atoms with Gasteiger partial charge in [0.25, 0.3) is 0 Å². The van der Waals surface area contributed by atoms with Crippen molar-refractivity contribution in [1.29, 1.82) is 0 Å². The van der Waals surface area contributed by atoms with Gasteiger partial charge in [0.2, 0.25) is 0 Å². The normalized spacial score (nSPS) is 51.3. The predicted octanol–water partition coefficient (Wildman–Crippen LogP) is 2.68. The number of hydrogen-bond acceptors (Lipinski definition) is 4. The number of ether oxygens (including phenoxy) is 2. The number of hydrogen-bond donors (Lipinski definition) is 0. The Morgan fingerprint density at radius 3 is 2.89 bits per heavy atom. The molecule has 0 aromatic carbocycles. The van der Waals surface area contributed by atoms with Crippen LogP contribution in [0.25, 0.3) is 0 Å². The molecule has 4 rings (SSSR count). The molecule has 4 aliphatic heterocycles. The molecule has 4 bridgehead atoms. The highest BCUT2D eigenvalue weighted by Gasteiger charge is 2.66. The number of nitrogens with zero attached hydrogens (tertiary/aromatic N) is 1. The maximum Gasteiger partial charge on any atom is 0.160 e. The van der Waals surface area contributed by atoms with Crippen LogP contribution >= 0.6 is 0 Å². The number of rotatable bonds is 4. The van der Waals surface area contributed by atoms with Gasteiger partial charge >= 0.3 is 0 Å². The Hall–Kier alpha value is -0.160. The number of hydroxylamine groups is 2. The largest absolute Gasteiger partial charge is 0.353 e. The summed E-state index contributed by atoms with van der Waals surface area (Å²) in [7, 11) is 0. The highest BCUT2D eigenvalue weighted by Crippen LogP contribution is 2.58. The molecule has 19 heavy (non-hydrogen) atoms. The Labute approximate surface area is 115 Å². The quantitative estimate of drug-likeness (QED) is 0.733. The summed E-state index contributed by atoms with van der Waals surface area (Å²) in [5.74, 6) is 1.18. The fourth-order valence-corrected chi connectivity index (χ4v) is 4.62. The molecule has 0 aliphatic carbocycles. The van der Waals surface area contributed by atoms with Crippen LogP contribution in [0.2, 0.25) is 0 Å². The van der Waals surface area contributed by atoms with Gasteiger partial charge in [-0.3, -0.25) is 4.84 Å². The van der Waals surface area contributed by atoms with Crippen molar-refractivity contribution in [2.24, 2.45) is 11.8 Å². The van der Waals surface area contributed by atoms with E-state index in [9.17, 15) is 0 Å².